The van der Waals surface area contributed by atoms with Crippen LogP contribution in [0.5, 0.6) is 0 Å². The first kappa shape index (κ1) is 35.7. The molecule has 3 heterocycles. The van der Waals surface area contributed by atoms with E-state index in [1.54, 1.807) is 6.20 Å². The van der Waals surface area contributed by atoms with Gasteiger partial charge in [0.2, 0.25) is 0 Å². The lowest BCUT2D eigenvalue weighted by Gasteiger charge is -2.42. The van der Waals surface area contributed by atoms with Gasteiger partial charge in [-0.25, -0.2) is 24.9 Å². The molecule has 0 radical (unpaired) electrons. The van der Waals surface area contributed by atoms with Crippen molar-refractivity contribution in [1.82, 2.24) is 29.9 Å². The van der Waals surface area contributed by atoms with Gasteiger partial charge in [-0.3, -0.25) is 4.98 Å². The molecule has 0 saturated carbocycles. The van der Waals surface area contributed by atoms with E-state index < -0.39 is 0 Å². The average molecular weight is 793 g/mol. The van der Waals surface area contributed by atoms with Gasteiger partial charge in [-0.15, -0.1) is 0 Å². The van der Waals surface area contributed by atoms with Gasteiger partial charge in [-0.2, -0.15) is 0 Å². The molecule has 0 fully saturated rings. The number of aromatic nitrogens is 6. The van der Waals surface area contributed by atoms with E-state index in [9.17, 15) is 0 Å². The largest absolute Gasteiger partial charge is 0.264 e. The quantitative estimate of drug-likeness (QED) is 0.160. The fraction of sp³-hybridized carbons (Fsp3) is 0.0357. The Labute approximate surface area is 359 Å². The van der Waals surface area contributed by atoms with E-state index in [4.69, 9.17) is 24.9 Å². The maximum Gasteiger partial charge on any atom is 0.164 e. The molecule has 6 heteroatoms. The molecular formula is C56H36N6. The number of hydrogen-bond acceptors (Lipinski definition) is 6. The van der Waals surface area contributed by atoms with Gasteiger partial charge in [0.25, 0.3) is 0 Å². The number of nitrogens with zero attached hydrogens (tertiary/aromatic N) is 6. The first-order valence-corrected chi connectivity index (χ1v) is 20.9. The van der Waals surface area contributed by atoms with Crippen molar-refractivity contribution in [2.24, 2.45) is 0 Å². The second-order valence-electron chi connectivity index (χ2n) is 15.9. The van der Waals surface area contributed by atoms with Gasteiger partial charge in [0.15, 0.2) is 23.3 Å². The molecule has 13 rings (SSSR count). The van der Waals surface area contributed by atoms with Crippen molar-refractivity contribution in [2.75, 3.05) is 0 Å². The smallest absolute Gasteiger partial charge is 0.164 e. The minimum Gasteiger partial charge on any atom is -0.264 e. The zero-order chi connectivity index (χ0) is 41.0. The highest BCUT2D eigenvalue weighted by molar-refractivity contribution is 5.79. The van der Waals surface area contributed by atoms with Crippen molar-refractivity contribution in [3.63, 3.8) is 0 Å². The minimum absolute atomic E-state index is 0.0512. The molecule has 0 N–H and O–H groups in total. The van der Waals surface area contributed by atoms with Crippen LogP contribution in [-0.4, -0.2) is 29.9 Å². The predicted molar refractivity (Wildman–Crippen MR) is 246 cm³/mol. The molecule has 290 valence electrons. The summed E-state index contributed by atoms with van der Waals surface area (Å²) in [6.07, 6.45) is 3.70. The van der Waals surface area contributed by atoms with Crippen LogP contribution in [0.4, 0.5) is 0 Å². The molecule has 0 spiro atoms. The summed E-state index contributed by atoms with van der Waals surface area (Å²) in [6.45, 7) is 0. The zero-order valence-corrected chi connectivity index (χ0v) is 33.5. The Hall–Kier alpha value is -8.22. The fourth-order valence-electron chi connectivity index (χ4n) is 9.30. The second kappa shape index (κ2) is 14.8. The van der Waals surface area contributed by atoms with Crippen LogP contribution in [-0.2, 0) is 0 Å². The molecule has 0 amide bonds. The maximum absolute atomic E-state index is 5.24. The molecule has 3 aromatic heterocycles. The van der Waals surface area contributed by atoms with Crippen LogP contribution in [0.25, 0.3) is 79.2 Å². The summed E-state index contributed by atoms with van der Waals surface area (Å²) in [5.74, 6) is 2.76. The van der Waals surface area contributed by atoms with E-state index >= 15 is 0 Å². The van der Waals surface area contributed by atoms with Crippen molar-refractivity contribution in [3.05, 3.63) is 240 Å². The van der Waals surface area contributed by atoms with E-state index in [1.165, 1.54) is 33.4 Å². The van der Waals surface area contributed by atoms with E-state index in [0.29, 0.717) is 23.3 Å². The van der Waals surface area contributed by atoms with Crippen LogP contribution in [0.15, 0.2) is 207 Å². The highest BCUT2D eigenvalue weighted by atomic mass is 15.0. The van der Waals surface area contributed by atoms with Crippen molar-refractivity contribution in [3.8, 4) is 79.2 Å². The Morgan fingerprint density at radius 1 is 0.258 bits per heavy atom. The number of benzene rings is 7. The predicted octanol–water partition coefficient (Wildman–Crippen LogP) is 12.7. The summed E-state index contributed by atoms with van der Waals surface area (Å²) >= 11 is 0. The van der Waals surface area contributed by atoms with Crippen LogP contribution in [0.3, 0.4) is 0 Å². The Kier molecular flexibility index (Phi) is 8.52. The molecule has 2 atom stereocenters. The van der Waals surface area contributed by atoms with Gasteiger partial charge in [-0.05, 0) is 69.3 Å². The molecule has 2 unspecified atom stereocenters. The molecule has 2 bridgehead atoms. The first-order chi connectivity index (χ1) is 30.7. The monoisotopic (exact) mass is 792 g/mol. The SMILES string of the molecule is c1ccc(-c2nc(-c3cccc(-c4cccnc4)c3)cc(-c3ccc4c(c3)C3c5ccccc5C4c4cc(-c5nc(-c6ccccc6)nc(-c6ccccc6)n5)ccc43)n2)cc1. The zero-order valence-electron chi connectivity index (χ0n) is 33.5. The standard InChI is InChI=1S/C56H36N6/c1-4-14-35(15-5-1)53-58-49(39-21-12-20-38(30-39)42-22-13-29-57-34-42)33-50(59-53)40-25-27-45-47(31-40)51-43-23-10-11-24-44(43)52(45)48-32-41(26-28-46(48)51)56-61-54(36-16-6-2-7-17-36)60-55(62-56)37-18-8-3-9-19-37/h1-34,51-52H. The van der Waals surface area contributed by atoms with Gasteiger partial charge in [0, 0.05) is 63.2 Å². The third kappa shape index (κ3) is 6.20. The van der Waals surface area contributed by atoms with Crippen molar-refractivity contribution in [1.29, 1.82) is 0 Å². The number of rotatable bonds is 7. The Morgan fingerprint density at radius 3 is 1.23 bits per heavy atom. The summed E-state index contributed by atoms with van der Waals surface area (Å²) in [6, 6.07) is 67.9. The van der Waals surface area contributed by atoms with Gasteiger partial charge in [-0.1, -0.05) is 164 Å². The molecule has 0 saturated heterocycles. The lowest BCUT2D eigenvalue weighted by atomic mass is 9.60. The van der Waals surface area contributed by atoms with Gasteiger partial charge >= 0.3 is 0 Å². The minimum atomic E-state index is 0.0512. The van der Waals surface area contributed by atoms with Crippen molar-refractivity contribution in [2.45, 2.75) is 11.8 Å². The van der Waals surface area contributed by atoms with E-state index in [0.717, 1.165) is 55.9 Å². The van der Waals surface area contributed by atoms with Gasteiger partial charge in [0.05, 0.1) is 11.4 Å². The summed E-state index contributed by atoms with van der Waals surface area (Å²) in [7, 11) is 0. The van der Waals surface area contributed by atoms with Crippen molar-refractivity contribution < 1.29 is 0 Å². The molecule has 10 aromatic rings. The lowest BCUT2D eigenvalue weighted by molar-refractivity contribution is 0.754. The first-order valence-electron chi connectivity index (χ1n) is 20.9. The fourth-order valence-corrected chi connectivity index (χ4v) is 9.30. The number of hydrogen-bond donors (Lipinski definition) is 0. The summed E-state index contributed by atoms with van der Waals surface area (Å²) < 4.78 is 0. The summed E-state index contributed by atoms with van der Waals surface area (Å²) in [5, 5.41) is 0. The molecule has 0 aliphatic heterocycles. The van der Waals surface area contributed by atoms with Crippen LogP contribution in [0.1, 0.15) is 45.2 Å². The Bertz CT molecular complexity index is 3240. The number of pyridine rings is 1. The topological polar surface area (TPSA) is 77.3 Å². The highest BCUT2D eigenvalue weighted by Gasteiger charge is 2.41. The van der Waals surface area contributed by atoms with Crippen molar-refractivity contribution >= 4 is 0 Å². The lowest BCUT2D eigenvalue weighted by Crippen LogP contribution is -2.27. The van der Waals surface area contributed by atoms with Crippen LogP contribution in [0, 0.1) is 0 Å². The van der Waals surface area contributed by atoms with Gasteiger partial charge in [0.1, 0.15) is 0 Å². The van der Waals surface area contributed by atoms with E-state index in [-0.39, 0.29) is 11.8 Å². The van der Waals surface area contributed by atoms with Gasteiger partial charge < -0.3 is 0 Å². The summed E-state index contributed by atoms with van der Waals surface area (Å²) in [4.78, 5) is 29.9. The third-order valence-electron chi connectivity index (χ3n) is 12.2. The Balaban J connectivity index is 0.980. The molecule has 7 aromatic carbocycles. The van der Waals surface area contributed by atoms with Crippen LogP contribution < -0.4 is 0 Å². The highest BCUT2D eigenvalue weighted by Crippen LogP contribution is 2.56. The maximum atomic E-state index is 5.24. The molecule has 62 heavy (non-hydrogen) atoms. The second-order valence-corrected chi connectivity index (χ2v) is 15.9. The molecule has 6 nitrogen and oxygen atoms in total. The van der Waals surface area contributed by atoms with Crippen LogP contribution >= 0.6 is 0 Å². The third-order valence-corrected chi connectivity index (χ3v) is 12.2. The molecule has 3 aliphatic carbocycles. The van der Waals surface area contributed by atoms with Crippen LogP contribution in [0.2, 0.25) is 0 Å². The Morgan fingerprint density at radius 2 is 0.677 bits per heavy atom. The van der Waals surface area contributed by atoms with E-state index in [2.05, 4.69) is 114 Å². The molecule has 3 aliphatic rings. The van der Waals surface area contributed by atoms with E-state index in [1.807, 2.05) is 91.1 Å². The molecular weight excluding hydrogens is 757 g/mol. The normalized spacial score (nSPS) is 14.5. The average Bonchev–Trinajstić information content (AvgIpc) is 3.36. The summed E-state index contributed by atoms with van der Waals surface area (Å²) in [5.41, 5.74) is 17.7.